The Morgan fingerprint density at radius 2 is 2.09 bits per heavy atom. The highest BCUT2D eigenvalue weighted by Gasteiger charge is 2.35. The monoisotopic (exact) mass is 330 g/mol. The topological polar surface area (TPSA) is 62.2 Å². The Balaban J connectivity index is 2.28. The maximum atomic E-state index is 13.0. The SMILES string of the molecule is Cc1cc(C(=O)NC(CO)c2ccccc2C(F)(F)F)ns1. The van der Waals surface area contributed by atoms with Crippen LogP contribution in [-0.4, -0.2) is 22.0 Å². The average Bonchev–Trinajstić information content (AvgIpc) is 2.90. The van der Waals surface area contributed by atoms with E-state index in [0.29, 0.717) is 0 Å². The van der Waals surface area contributed by atoms with E-state index in [0.717, 1.165) is 22.5 Å². The number of hydrogen-bond acceptors (Lipinski definition) is 4. The van der Waals surface area contributed by atoms with Crippen LogP contribution in [0.3, 0.4) is 0 Å². The number of carbonyl (C=O) groups is 1. The van der Waals surface area contributed by atoms with Gasteiger partial charge in [0.25, 0.3) is 5.91 Å². The Bertz CT molecular complexity index is 670. The zero-order valence-electron chi connectivity index (χ0n) is 11.5. The number of aliphatic hydroxyl groups is 1. The summed E-state index contributed by atoms with van der Waals surface area (Å²) in [6.45, 7) is 1.11. The van der Waals surface area contributed by atoms with Gasteiger partial charge < -0.3 is 10.4 Å². The van der Waals surface area contributed by atoms with Crippen molar-refractivity contribution in [1.82, 2.24) is 9.69 Å². The van der Waals surface area contributed by atoms with Crippen LogP contribution in [-0.2, 0) is 6.18 Å². The molecule has 0 aliphatic rings. The maximum absolute atomic E-state index is 13.0. The molecule has 2 aromatic rings. The Morgan fingerprint density at radius 3 is 2.64 bits per heavy atom. The molecule has 0 saturated heterocycles. The number of aromatic nitrogens is 1. The predicted octanol–water partition coefficient (Wildman–Crippen LogP) is 2.93. The van der Waals surface area contributed by atoms with Crippen molar-refractivity contribution in [2.24, 2.45) is 0 Å². The van der Waals surface area contributed by atoms with Crippen molar-refractivity contribution < 1.29 is 23.1 Å². The Labute approximate surface area is 128 Å². The number of aliphatic hydroxyl groups excluding tert-OH is 1. The standard InChI is InChI=1S/C14H13F3N2O2S/c1-8-6-11(19-22-8)13(21)18-12(7-20)9-4-2-3-5-10(9)14(15,16)17/h2-6,12,20H,7H2,1H3,(H,18,21). The molecule has 2 rings (SSSR count). The molecule has 118 valence electrons. The minimum atomic E-state index is -4.56. The molecule has 0 aliphatic carbocycles. The number of benzene rings is 1. The number of aryl methyl sites for hydroxylation is 1. The average molecular weight is 330 g/mol. The number of halogens is 3. The smallest absolute Gasteiger partial charge is 0.394 e. The lowest BCUT2D eigenvalue weighted by atomic mass is 10.00. The molecule has 8 heteroatoms. The lowest BCUT2D eigenvalue weighted by molar-refractivity contribution is -0.138. The van der Waals surface area contributed by atoms with Crippen molar-refractivity contribution in [2.45, 2.75) is 19.1 Å². The summed E-state index contributed by atoms with van der Waals surface area (Å²) in [6, 6.07) is 5.20. The van der Waals surface area contributed by atoms with Crippen molar-refractivity contribution in [1.29, 1.82) is 0 Å². The first-order chi connectivity index (χ1) is 10.3. The molecule has 1 aromatic carbocycles. The number of carbonyl (C=O) groups excluding carboxylic acids is 1. The fourth-order valence-electron chi connectivity index (χ4n) is 1.99. The predicted molar refractivity (Wildman–Crippen MR) is 75.6 cm³/mol. The van der Waals surface area contributed by atoms with E-state index in [4.69, 9.17) is 0 Å². The highest BCUT2D eigenvalue weighted by Crippen LogP contribution is 2.34. The van der Waals surface area contributed by atoms with Gasteiger partial charge in [0.15, 0.2) is 0 Å². The van der Waals surface area contributed by atoms with Gasteiger partial charge in [-0.25, -0.2) is 0 Å². The van der Waals surface area contributed by atoms with Crippen molar-refractivity contribution in [2.75, 3.05) is 6.61 Å². The number of hydrogen-bond donors (Lipinski definition) is 2. The van der Waals surface area contributed by atoms with Crippen LogP contribution in [0.15, 0.2) is 30.3 Å². The summed E-state index contributed by atoms with van der Waals surface area (Å²) in [4.78, 5) is 12.8. The number of rotatable bonds is 4. The summed E-state index contributed by atoms with van der Waals surface area (Å²) in [7, 11) is 0. The highest BCUT2D eigenvalue weighted by atomic mass is 32.1. The quantitative estimate of drug-likeness (QED) is 0.906. The van der Waals surface area contributed by atoms with E-state index < -0.39 is 30.3 Å². The molecule has 4 nitrogen and oxygen atoms in total. The maximum Gasteiger partial charge on any atom is 0.416 e. The van der Waals surface area contributed by atoms with Crippen LogP contribution in [0.5, 0.6) is 0 Å². The third-order valence-electron chi connectivity index (χ3n) is 2.99. The van der Waals surface area contributed by atoms with Crippen LogP contribution in [0.2, 0.25) is 0 Å². The number of amides is 1. The molecule has 22 heavy (non-hydrogen) atoms. The summed E-state index contributed by atoms with van der Waals surface area (Å²) in [5, 5.41) is 11.8. The van der Waals surface area contributed by atoms with E-state index in [1.807, 2.05) is 0 Å². The van der Waals surface area contributed by atoms with Gasteiger partial charge in [0, 0.05) is 4.88 Å². The van der Waals surface area contributed by atoms with Crippen LogP contribution in [0, 0.1) is 6.92 Å². The Kier molecular flexibility index (Phi) is 4.82. The van der Waals surface area contributed by atoms with Gasteiger partial charge in [0.1, 0.15) is 5.69 Å². The second-order valence-electron chi connectivity index (χ2n) is 4.62. The first-order valence-corrected chi connectivity index (χ1v) is 7.11. The van der Waals surface area contributed by atoms with Crippen LogP contribution in [0.4, 0.5) is 13.2 Å². The van der Waals surface area contributed by atoms with Crippen molar-refractivity contribution in [3.8, 4) is 0 Å². The molecule has 1 heterocycles. The fourth-order valence-corrected chi connectivity index (χ4v) is 2.53. The molecule has 0 aliphatic heterocycles. The molecule has 0 radical (unpaired) electrons. The van der Waals surface area contributed by atoms with Gasteiger partial charge in [-0.3, -0.25) is 4.79 Å². The van der Waals surface area contributed by atoms with E-state index in [-0.39, 0.29) is 11.3 Å². The third kappa shape index (κ3) is 3.63. The van der Waals surface area contributed by atoms with E-state index in [9.17, 15) is 23.1 Å². The minimum absolute atomic E-state index is 0.116. The van der Waals surface area contributed by atoms with Gasteiger partial charge in [-0.1, -0.05) is 18.2 Å². The fraction of sp³-hybridized carbons (Fsp3) is 0.286. The van der Waals surface area contributed by atoms with E-state index in [1.54, 1.807) is 6.92 Å². The van der Waals surface area contributed by atoms with E-state index >= 15 is 0 Å². The molecule has 0 fully saturated rings. The lowest BCUT2D eigenvalue weighted by Gasteiger charge is -2.20. The van der Waals surface area contributed by atoms with Crippen molar-refractivity contribution in [3.63, 3.8) is 0 Å². The summed E-state index contributed by atoms with van der Waals surface area (Å²) < 4.78 is 42.9. The van der Waals surface area contributed by atoms with Crippen molar-refractivity contribution in [3.05, 3.63) is 52.0 Å². The lowest BCUT2D eigenvalue weighted by Crippen LogP contribution is -2.32. The number of nitrogens with one attached hydrogen (secondary N) is 1. The third-order valence-corrected chi connectivity index (χ3v) is 3.68. The molecule has 0 bridgehead atoms. The molecular weight excluding hydrogens is 317 g/mol. The summed E-state index contributed by atoms with van der Waals surface area (Å²) in [6.07, 6.45) is -4.56. The van der Waals surface area contributed by atoms with Crippen molar-refractivity contribution >= 4 is 17.4 Å². The summed E-state index contributed by atoms with van der Waals surface area (Å²) in [5.41, 5.74) is -0.952. The molecule has 1 atom stereocenters. The van der Waals surface area contributed by atoms with Gasteiger partial charge in [-0.05, 0) is 36.2 Å². The minimum Gasteiger partial charge on any atom is -0.394 e. The molecule has 1 aromatic heterocycles. The normalized spacial score (nSPS) is 13.0. The van der Waals surface area contributed by atoms with E-state index in [1.165, 1.54) is 24.3 Å². The summed E-state index contributed by atoms with van der Waals surface area (Å²) >= 11 is 1.12. The number of alkyl halides is 3. The second kappa shape index (κ2) is 6.45. The van der Waals surface area contributed by atoms with Crippen LogP contribution in [0.25, 0.3) is 0 Å². The van der Waals surface area contributed by atoms with Crippen LogP contribution < -0.4 is 5.32 Å². The Morgan fingerprint density at radius 1 is 1.41 bits per heavy atom. The van der Waals surface area contributed by atoms with Gasteiger partial charge in [0.2, 0.25) is 0 Å². The number of nitrogens with zero attached hydrogens (tertiary/aromatic N) is 1. The van der Waals surface area contributed by atoms with E-state index in [2.05, 4.69) is 9.69 Å². The molecule has 0 spiro atoms. The Hall–Kier alpha value is -1.93. The van der Waals surface area contributed by atoms with Gasteiger partial charge in [-0.15, -0.1) is 0 Å². The van der Waals surface area contributed by atoms with Gasteiger partial charge in [0.05, 0.1) is 18.2 Å². The highest BCUT2D eigenvalue weighted by molar-refractivity contribution is 7.05. The molecule has 1 amide bonds. The zero-order chi connectivity index (χ0) is 16.3. The largest absolute Gasteiger partial charge is 0.416 e. The van der Waals surface area contributed by atoms with Crippen LogP contribution in [0.1, 0.15) is 32.5 Å². The zero-order valence-corrected chi connectivity index (χ0v) is 12.3. The molecule has 0 saturated carbocycles. The van der Waals surface area contributed by atoms with Crippen LogP contribution >= 0.6 is 11.5 Å². The molecule has 1 unspecified atom stereocenters. The summed E-state index contributed by atoms with van der Waals surface area (Å²) in [5.74, 6) is -0.625. The van der Waals surface area contributed by atoms with Gasteiger partial charge >= 0.3 is 6.18 Å². The molecular formula is C14H13F3N2O2S. The molecule has 2 N–H and O–H groups in total. The second-order valence-corrected chi connectivity index (χ2v) is 5.63. The first-order valence-electron chi connectivity index (χ1n) is 6.34. The first kappa shape index (κ1) is 16.4. The van der Waals surface area contributed by atoms with Gasteiger partial charge in [-0.2, -0.15) is 17.5 Å².